The summed E-state index contributed by atoms with van der Waals surface area (Å²) >= 11 is 0. The minimum Gasteiger partial charge on any atom is -0.497 e. The molecule has 0 aliphatic carbocycles. The maximum absolute atomic E-state index is 11.6. The third-order valence-corrected chi connectivity index (χ3v) is 5.38. The minimum atomic E-state index is 0.260. The third kappa shape index (κ3) is 5.13. The van der Waals surface area contributed by atoms with Crippen molar-refractivity contribution in [3.63, 3.8) is 0 Å². The molecule has 0 saturated carbocycles. The van der Waals surface area contributed by atoms with Gasteiger partial charge in [0.25, 0.3) is 0 Å². The van der Waals surface area contributed by atoms with Crippen molar-refractivity contribution >= 4 is 17.3 Å². The van der Waals surface area contributed by atoms with E-state index in [0.29, 0.717) is 29.7 Å². The molecule has 3 rings (SSSR count). The van der Waals surface area contributed by atoms with Crippen molar-refractivity contribution in [3.8, 4) is 11.5 Å². The maximum atomic E-state index is 11.6. The van der Waals surface area contributed by atoms with E-state index < -0.39 is 0 Å². The number of hydrogen-bond acceptors (Lipinski definition) is 8. The van der Waals surface area contributed by atoms with E-state index in [0.717, 1.165) is 37.4 Å². The summed E-state index contributed by atoms with van der Waals surface area (Å²) in [5.41, 5.74) is 1.20. The molecule has 1 saturated heterocycles. The van der Waals surface area contributed by atoms with Crippen LogP contribution < -0.4 is 19.7 Å². The first-order chi connectivity index (χ1) is 14.2. The second-order valence-corrected chi connectivity index (χ2v) is 7.28. The van der Waals surface area contributed by atoms with Crippen LogP contribution in [0.1, 0.15) is 38.2 Å². The number of nitrogens with zero attached hydrogens (tertiary/aromatic N) is 4. The monoisotopic (exact) mass is 399 g/mol. The molecule has 1 aromatic carbocycles. The Morgan fingerprint density at radius 2 is 1.83 bits per heavy atom. The third-order valence-electron chi connectivity index (χ3n) is 5.38. The van der Waals surface area contributed by atoms with Crippen LogP contribution in [0, 0.1) is 10.8 Å². The average Bonchev–Trinajstić information content (AvgIpc) is 2.77. The number of hydrogen-bond donors (Lipinski definition) is 1. The molecule has 0 unspecified atom stereocenters. The molecule has 0 radical (unpaired) electrons. The molecular formula is C21H29N5O3. The molecule has 1 aromatic heterocycles. The lowest BCUT2D eigenvalue weighted by Gasteiger charge is -2.33. The van der Waals surface area contributed by atoms with Gasteiger partial charge in [-0.1, -0.05) is 19.8 Å². The Hall–Kier alpha value is -2.90. The summed E-state index contributed by atoms with van der Waals surface area (Å²) in [5.74, 6) is 3.20. The first kappa shape index (κ1) is 20.8. The summed E-state index contributed by atoms with van der Waals surface area (Å²) < 4.78 is 10.6. The number of piperidine rings is 1. The number of benzene rings is 1. The highest BCUT2D eigenvalue weighted by Gasteiger charge is 2.24. The lowest BCUT2D eigenvalue weighted by Crippen LogP contribution is -2.34. The van der Waals surface area contributed by atoms with E-state index in [1.165, 1.54) is 19.2 Å². The summed E-state index contributed by atoms with van der Waals surface area (Å²) in [6.45, 7) is 4.44. The zero-order valence-electron chi connectivity index (χ0n) is 17.4. The molecule has 8 heteroatoms. The summed E-state index contributed by atoms with van der Waals surface area (Å²) in [7, 11) is 3.22. The molecule has 2 heterocycles. The maximum Gasteiger partial charge on any atom is 0.192 e. The van der Waals surface area contributed by atoms with Crippen LogP contribution in [0.25, 0.3) is 0 Å². The van der Waals surface area contributed by atoms with Gasteiger partial charge in [0.1, 0.15) is 17.8 Å². The van der Waals surface area contributed by atoms with Crippen LogP contribution >= 0.6 is 0 Å². The van der Waals surface area contributed by atoms with Crippen LogP contribution in [0.2, 0.25) is 0 Å². The molecular weight excluding hydrogens is 370 g/mol. The normalized spacial score (nSPS) is 14.5. The standard InChI is InChI=1S/C21H29N5O3/c1-4-5-15-6-8-26(9-7-15)21-19(25-27)20(23-14-24-21)22-13-16-10-17(28-2)12-18(11-16)29-3/h10-12,14-15H,4-9,13H2,1-3H3,(H,22,23,24). The van der Waals surface area contributed by atoms with Crippen molar-refractivity contribution in [2.24, 2.45) is 11.1 Å². The summed E-state index contributed by atoms with van der Waals surface area (Å²) in [6, 6.07) is 5.63. The van der Waals surface area contributed by atoms with Crippen molar-refractivity contribution < 1.29 is 9.47 Å². The van der Waals surface area contributed by atoms with Gasteiger partial charge in [-0.15, -0.1) is 4.91 Å². The Bertz CT molecular complexity index is 800. The Labute approximate surface area is 171 Å². The van der Waals surface area contributed by atoms with E-state index >= 15 is 0 Å². The number of nitrogens with one attached hydrogen (secondary N) is 1. The van der Waals surface area contributed by atoms with E-state index in [1.807, 2.05) is 18.2 Å². The number of methoxy groups -OCH3 is 2. The van der Waals surface area contributed by atoms with Gasteiger partial charge in [0.15, 0.2) is 17.3 Å². The molecule has 29 heavy (non-hydrogen) atoms. The SMILES string of the molecule is CCCC1CCN(c2ncnc(NCc3cc(OC)cc(OC)c3)c2N=O)CC1. The Morgan fingerprint density at radius 1 is 1.14 bits per heavy atom. The second kappa shape index (κ2) is 10.0. The molecule has 1 N–H and O–H groups in total. The number of anilines is 2. The van der Waals surface area contributed by atoms with E-state index in [-0.39, 0.29) is 5.69 Å². The highest BCUT2D eigenvalue weighted by molar-refractivity contribution is 5.74. The molecule has 0 bridgehead atoms. The fourth-order valence-electron chi connectivity index (χ4n) is 3.81. The molecule has 1 aliphatic heterocycles. The minimum absolute atomic E-state index is 0.260. The van der Waals surface area contributed by atoms with E-state index in [1.54, 1.807) is 14.2 Å². The fourth-order valence-corrected chi connectivity index (χ4v) is 3.81. The lowest BCUT2D eigenvalue weighted by atomic mass is 9.92. The highest BCUT2D eigenvalue weighted by Crippen LogP contribution is 2.35. The highest BCUT2D eigenvalue weighted by atomic mass is 16.5. The van der Waals surface area contributed by atoms with E-state index in [2.05, 4.69) is 32.3 Å². The van der Waals surface area contributed by atoms with Gasteiger partial charge in [0.2, 0.25) is 0 Å². The summed E-state index contributed by atoms with van der Waals surface area (Å²) in [4.78, 5) is 22.4. The predicted octanol–water partition coefficient (Wildman–Crippen LogP) is 4.52. The Balaban J connectivity index is 1.74. The van der Waals surface area contributed by atoms with Crippen molar-refractivity contribution in [1.29, 1.82) is 0 Å². The van der Waals surface area contributed by atoms with Gasteiger partial charge < -0.3 is 19.7 Å². The van der Waals surface area contributed by atoms with Gasteiger partial charge in [-0.3, -0.25) is 0 Å². The smallest absolute Gasteiger partial charge is 0.192 e. The molecule has 156 valence electrons. The van der Waals surface area contributed by atoms with Crippen molar-refractivity contribution in [1.82, 2.24) is 9.97 Å². The van der Waals surface area contributed by atoms with Crippen LogP contribution in [0.4, 0.5) is 17.3 Å². The van der Waals surface area contributed by atoms with Crippen molar-refractivity contribution in [3.05, 3.63) is 35.0 Å². The fraction of sp³-hybridized carbons (Fsp3) is 0.524. The van der Waals surface area contributed by atoms with Crippen LogP contribution in [0.15, 0.2) is 29.7 Å². The van der Waals surface area contributed by atoms with Crippen LogP contribution in [-0.4, -0.2) is 37.3 Å². The first-order valence-electron chi connectivity index (χ1n) is 10.1. The van der Waals surface area contributed by atoms with Gasteiger partial charge in [-0.25, -0.2) is 9.97 Å². The summed E-state index contributed by atoms with van der Waals surface area (Å²) in [6.07, 6.45) is 6.18. The molecule has 0 amide bonds. The number of ether oxygens (including phenoxy) is 2. The first-order valence-corrected chi connectivity index (χ1v) is 10.1. The van der Waals surface area contributed by atoms with Crippen LogP contribution in [-0.2, 0) is 6.54 Å². The van der Waals surface area contributed by atoms with Crippen LogP contribution in [0.3, 0.4) is 0 Å². The van der Waals surface area contributed by atoms with E-state index in [4.69, 9.17) is 9.47 Å². The number of rotatable bonds is 9. The largest absolute Gasteiger partial charge is 0.497 e. The average molecular weight is 399 g/mol. The molecule has 0 spiro atoms. The van der Waals surface area contributed by atoms with Gasteiger partial charge in [0.05, 0.1) is 14.2 Å². The van der Waals surface area contributed by atoms with Crippen LogP contribution in [0.5, 0.6) is 11.5 Å². The molecule has 1 fully saturated rings. The Kier molecular flexibility index (Phi) is 7.21. The predicted molar refractivity (Wildman–Crippen MR) is 114 cm³/mol. The zero-order valence-corrected chi connectivity index (χ0v) is 17.4. The van der Waals surface area contributed by atoms with Crippen molar-refractivity contribution in [2.45, 2.75) is 39.2 Å². The van der Waals surface area contributed by atoms with E-state index in [9.17, 15) is 4.91 Å². The number of nitroso groups, excluding NO2 is 1. The molecule has 1 aliphatic rings. The van der Waals surface area contributed by atoms with Gasteiger partial charge in [0, 0.05) is 25.7 Å². The lowest BCUT2D eigenvalue weighted by molar-refractivity contribution is 0.377. The molecule has 2 aromatic rings. The topological polar surface area (TPSA) is 88.9 Å². The Morgan fingerprint density at radius 3 is 2.41 bits per heavy atom. The molecule has 8 nitrogen and oxygen atoms in total. The number of aromatic nitrogens is 2. The van der Waals surface area contributed by atoms with Gasteiger partial charge in [-0.05, 0) is 41.6 Å². The van der Waals surface area contributed by atoms with Gasteiger partial charge >= 0.3 is 0 Å². The molecule has 0 atom stereocenters. The second-order valence-electron chi connectivity index (χ2n) is 7.28. The van der Waals surface area contributed by atoms with Crippen molar-refractivity contribution in [2.75, 3.05) is 37.5 Å². The quantitative estimate of drug-likeness (QED) is 0.620. The van der Waals surface area contributed by atoms with Gasteiger partial charge in [-0.2, -0.15) is 0 Å². The zero-order chi connectivity index (χ0) is 20.6. The summed E-state index contributed by atoms with van der Waals surface area (Å²) in [5, 5.41) is 6.46.